The van der Waals surface area contributed by atoms with E-state index in [1.807, 2.05) is 66.2 Å². The van der Waals surface area contributed by atoms with Gasteiger partial charge in [-0.3, -0.25) is 4.90 Å². The third-order valence-electron chi connectivity index (χ3n) is 5.37. The van der Waals surface area contributed by atoms with Crippen LogP contribution in [0.4, 0.5) is 0 Å². The minimum Gasteiger partial charge on any atom is -0.497 e. The lowest BCUT2D eigenvalue weighted by atomic mass is 10.1. The van der Waals surface area contributed by atoms with Crippen LogP contribution in [0.25, 0.3) is 5.69 Å². The van der Waals surface area contributed by atoms with Crippen LogP contribution in [-0.2, 0) is 11.3 Å². The normalized spacial score (nSPS) is 13.0. The van der Waals surface area contributed by atoms with Crippen LogP contribution in [0, 0.1) is 6.92 Å². The van der Waals surface area contributed by atoms with E-state index in [4.69, 9.17) is 19.3 Å². The van der Waals surface area contributed by atoms with Crippen molar-refractivity contribution in [3.05, 3.63) is 78.5 Å². The Morgan fingerprint density at radius 3 is 2.52 bits per heavy atom. The van der Waals surface area contributed by atoms with Crippen molar-refractivity contribution in [2.75, 3.05) is 33.9 Å². The predicted molar refractivity (Wildman–Crippen MR) is 129 cm³/mol. The van der Waals surface area contributed by atoms with Crippen LogP contribution in [0.5, 0.6) is 17.4 Å². The number of benzene rings is 2. The molecule has 0 aliphatic carbocycles. The molecule has 0 aliphatic rings. The lowest BCUT2D eigenvalue weighted by Crippen LogP contribution is -2.40. The number of hydrogen-bond acceptors (Lipinski definition) is 6. The fraction of sp³-hybridized carbons (Fsp3) is 0.346. The summed E-state index contributed by atoms with van der Waals surface area (Å²) in [6.45, 7) is 9.56. The lowest BCUT2D eigenvalue weighted by molar-refractivity contribution is 0.0462. The summed E-state index contributed by atoms with van der Waals surface area (Å²) < 4.78 is 18.9. The van der Waals surface area contributed by atoms with E-state index in [-0.39, 0.29) is 0 Å². The highest BCUT2D eigenvalue weighted by molar-refractivity contribution is 5.44. The summed E-state index contributed by atoms with van der Waals surface area (Å²) in [5.41, 5.74) is 1.63. The van der Waals surface area contributed by atoms with Crippen molar-refractivity contribution in [3.63, 3.8) is 0 Å². The Hall–Kier alpha value is -3.13. The molecule has 1 N–H and O–H groups in total. The Kier molecular flexibility index (Phi) is 8.27. The van der Waals surface area contributed by atoms with Crippen LogP contribution >= 0.6 is 0 Å². The molecule has 0 bridgehead atoms. The van der Waals surface area contributed by atoms with Gasteiger partial charge in [0.15, 0.2) is 0 Å². The van der Waals surface area contributed by atoms with Gasteiger partial charge >= 0.3 is 0 Å². The molecule has 0 spiro atoms. The summed E-state index contributed by atoms with van der Waals surface area (Å²) in [4.78, 5) is 2.11. The zero-order chi connectivity index (χ0) is 23.8. The second kappa shape index (κ2) is 11.1. The second-order valence-electron chi connectivity index (χ2n) is 8.16. The Bertz CT molecular complexity index is 1050. The van der Waals surface area contributed by atoms with E-state index in [1.54, 1.807) is 27.2 Å². The van der Waals surface area contributed by atoms with Crippen molar-refractivity contribution >= 4 is 0 Å². The van der Waals surface area contributed by atoms with Crippen molar-refractivity contribution in [2.45, 2.75) is 26.0 Å². The summed E-state index contributed by atoms with van der Waals surface area (Å²) in [5.74, 6) is 1.97. The molecule has 0 aliphatic heterocycles. The summed E-state index contributed by atoms with van der Waals surface area (Å²) in [6, 6.07) is 17.4. The smallest absolute Gasteiger partial charge is 0.227 e. The molecule has 0 amide bonds. The van der Waals surface area contributed by atoms with Gasteiger partial charge in [0.1, 0.15) is 11.5 Å². The fourth-order valence-electron chi connectivity index (χ4n) is 3.52. The quantitative estimate of drug-likeness (QED) is 0.413. The summed E-state index contributed by atoms with van der Waals surface area (Å²) >= 11 is 0. The van der Waals surface area contributed by atoms with Crippen LogP contribution < -0.4 is 9.47 Å². The Morgan fingerprint density at radius 2 is 1.85 bits per heavy atom. The average Bonchev–Trinajstić information content (AvgIpc) is 3.12. The zero-order valence-corrected chi connectivity index (χ0v) is 19.8. The highest BCUT2D eigenvalue weighted by atomic mass is 16.5. The molecule has 0 radical (unpaired) electrons. The maximum Gasteiger partial charge on any atom is 0.227 e. The van der Waals surface area contributed by atoms with Gasteiger partial charge in [0.25, 0.3) is 0 Å². The number of nitrogens with zero attached hydrogens (tertiary/aromatic N) is 3. The number of methoxy groups -OCH3 is 2. The van der Waals surface area contributed by atoms with Crippen molar-refractivity contribution in [3.8, 4) is 23.1 Å². The van der Waals surface area contributed by atoms with Crippen LogP contribution in [0.15, 0.2) is 67.3 Å². The van der Waals surface area contributed by atoms with Gasteiger partial charge in [0, 0.05) is 32.8 Å². The maximum absolute atomic E-state index is 10.6. The first kappa shape index (κ1) is 24.5. The molecule has 7 heteroatoms. The van der Waals surface area contributed by atoms with Crippen molar-refractivity contribution in [1.29, 1.82) is 0 Å². The minimum atomic E-state index is -1.04. The lowest BCUT2D eigenvalue weighted by Gasteiger charge is -2.29. The number of aliphatic hydroxyl groups is 1. The Morgan fingerprint density at radius 1 is 1.12 bits per heavy atom. The maximum atomic E-state index is 10.6. The van der Waals surface area contributed by atoms with E-state index >= 15 is 0 Å². The largest absolute Gasteiger partial charge is 0.497 e. The standard InChI is InChI=1S/C26H33N3O4/c1-6-26(3,30)19-28(15-16-31-4)18-24-20(2)27-29(21-11-8-7-9-12-21)25(24)33-23-14-10-13-22(17-23)32-5/h6-14,17,30H,1,15-16,18-19H2,2-5H3. The van der Waals surface area contributed by atoms with E-state index in [2.05, 4.69) is 11.5 Å². The molecule has 1 aromatic heterocycles. The summed E-state index contributed by atoms with van der Waals surface area (Å²) in [5, 5.41) is 15.4. The highest BCUT2D eigenvalue weighted by Crippen LogP contribution is 2.33. The van der Waals surface area contributed by atoms with Gasteiger partial charge in [-0.15, -0.1) is 6.58 Å². The number of para-hydroxylation sites is 1. The van der Waals surface area contributed by atoms with Gasteiger partial charge in [-0.1, -0.05) is 30.3 Å². The third-order valence-corrected chi connectivity index (χ3v) is 5.37. The topological polar surface area (TPSA) is 69.0 Å². The molecule has 33 heavy (non-hydrogen) atoms. The number of rotatable bonds is 12. The third kappa shape index (κ3) is 6.44. The van der Waals surface area contributed by atoms with Gasteiger partial charge in [-0.25, -0.2) is 4.68 Å². The molecular formula is C26H33N3O4. The SMILES string of the molecule is C=CC(C)(O)CN(CCOC)Cc1c(C)nn(-c2ccccc2)c1Oc1cccc(OC)c1. The molecule has 0 saturated carbocycles. The van der Waals surface area contributed by atoms with E-state index in [0.29, 0.717) is 43.6 Å². The Balaban J connectivity index is 2.03. The monoisotopic (exact) mass is 451 g/mol. The molecule has 1 heterocycles. The molecule has 7 nitrogen and oxygen atoms in total. The first-order valence-corrected chi connectivity index (χ1v) is 10.9. The van der Waals surface area contributed by atoms with E-state index < -0.39 is 5.60 Å². The molecule has 0 fully saturated rings. The van der Waals surface area contributed by atoms with Gasteiger partial charge < -0.3 is 19.3 Å². The fourth-order valence-corrected chi connectivity index (χ4v) is 3.52. The number of hydrogen-bond donors (Lipinski definition) is 1. The van der Waals surface area contributed by atoms with E-state index in [1.165, 1.54) is 0 Å². The molecule has 1 atom stereocenters. The number of aromatic nitrogens is 2. The van der Waals surface area contributed by atoms with Gasteiger partial charge in [-0.2, -0.15) is 5.10 Å². The first-order chi connectivity index (χ1) is 15.9. The highest BCUT2D eigenvalue weighted by Gasteiger charge is 2.25. The van der Waals surface area contributed by atoms with E-state index in [0.717, 1.165) is 16.9 Å². The Labute approximate surface area is 195 Å². The molecular weight excluding hydrogens is 418 g/mol. The van der Waals surface area contributed by atoms with Gasteiger partial charge in [-0.05, 0) is 38.1 Å². The van der Waals surface area contributed by atoms with Crippen molar-refractivity contribution in [2.24, 2.45) is 0 Å². The zero-order valence-electron chi connectivity index (χ0n) is 19.8. The van der Waals surface area contributed by atoms with Crippen LogP contribution in [0.2, 0.25) is 0 Å². The van der Waals surface area contributed by atoms with Crippen LogP contribution in [-0.4, -0.2) is 59.3 Å². The minimum absolute atomic E-state index is 0.397. The molecule has 176 valence electrons. The predicted octanol–water partition coefficient (Wildman–Crippen LogP) is 4.37. The number of aryl methyl sites for hydroxylation is 1. The molecule has 1 unspecified atom stereocenters. The average molecular weight is 452 g/mol. The van der Waals surface area contributed by atoms with Crippen LogP contribution in [0.3, 0.4) is 0 Å². The molecule has 0 saturated heterocycles. The summed E-state index contributed by atoms with van der Waals surface area (Å²) in [7, 11) is 3.29. The molecule has 2 aromatic carbocycles. The second-order valence-corrected chi connectivity index (χ2v) is 8.16. The van der Waals surface area contributed by atoms with E-state index in [9.17, 15) is 5.11 Å². The first-order valence-electron chi connectivity index (χ1n) is 10.9. The summed E-state index contributed by atoms with van der Waals surface area (Å²) in [6.07, 6.45) is 1.56. The molecule has 3 rings (SSSR count). The van der Waals surface area contributed by atoms with Crippen molar-refractivity contribution < 1.29 is 19.3 Å². The van der Waals surface area contributed by atoms with Gasteiger partial charge in [0.05, 0.1) is 36.3 Å². The molecule has 3 aromatic rings. The number of ether oxygens (including phenoxy) is 3. The van der Waals surface area contributed by atoms with Crippen LogP contribution in [0.1, 0.15) is 18.2 Å². The van der Waals surface area contributed by atoms with Gasteiger partial charge in [0.2, 0.25) is 5.88 Å². The van der Waals surface area contributed by atoms with Crippen molar-refractivity contribution in [1.82, 2.24) is 14.7 Å².